The minimum Gasteiger partial charge on any atom is -0.465 e. The minimum atomic E-state index is -4.55. The van der Waals surface area contributed by atoms with Gasteiger partial charge in [-0.25, -0.2) is 4.79 Å². The van der Waals surface area contributed by atoms with Crippen molar-refractivity contribution >= 4 is 34.6 Å². The Bertz CT molecular complexity index is 1110. The number of anilines is 1. The summed E-state index contributed by atoms with van der Waals surface area (Å²) in [7, 11) is 1.27. The molecule has 0 saturated carbocycles. The second-order valence-corrected chi connectivity index (χ2v) is 7.44. The molecule has 0 aliphatic heterocycles. The highest BCUT2D eigenvalue weighted by Crippen LogP contribution is 2.33. The van der Waals surface area contributed by atoms with Crippen LogP contribution in [0.5, 0.6) is 0 Å². The summed E-state index contributed by atoms with van der Waals surface area (Å²) in [4.78, 5) is 12.0. The third kappa shape index (κ3) is 4.76. The first-order chi connectivity index (χ1) is 14.6. The van der Waals surface area contributed by atoms with Gasteiger partial charge < -0.3 is 15.4 Å². The van der Waals surface area contributed by atoms with Crippen LogP contribution < -0.4 is 10.6 Å². The first-order valence-corrected chi connectivity index (χ1v) is 9.70. The second-order valence-electron chi connectivity index (χ2n) is 7.03. The van der Waals surface area contributed by atoms with Crippen molar-refractivity contribution in [2.75, 3.05) is 12.4 Å². The monoisotopic (exact) mass is 451 g/mol. The van der Waals surface area contributed by atoms with Gasteiger partial charge in [-0.1, -0.05) is 26.0 Å². The number of methoxy groups -OCH3 is 1. The van der Waals surface area contributed by atoms with Crippen LogP contribution in [-0.2, 0) is 10.9 Å². The predicted octanol–water partition coefficient (Wildman–Crippen LogP) is 4.22. The number of nitrogens with one attached hydrogen (secondary N) is 2. The standard InChI is InChI=1S/C20H20F3N5O2S/c1-11(2)15(17-27-26-16-13(20(21,22)23)8-6-10-28(16)17)25-19(31)24-14-9-5-4-7-12(14)18(29)30-3/h4-11,15H,1-3H3,(H2,24,25,31)/t15-/m0/s1. The smallest absolute Gasteiger partial charge is 0.420 e. The number of pyridine rings is 1. The average Bonchev–Trinajstić information content (AvgIpc) is 3.14. The molecule has 2 heterocycles. The van der Waals surface area contributed by atoms with Gasteiger partial charge in [-0.15, -0.1) is 10.2 Å². The number of alkyl halides is 3. The van der Waals surface area contributed by atoms with E-state index in [0.717, 1.165) is 6.07 Å². The molecule has 11 heteroatoms. The van der Waals surface area contributed by atoms with E-state index in [1.165, 1.54) is 23.8 Å². The Morgan fingerprint density at radius 1 is 1.16 bits per heavy atom. The van der Waals surface area contributed by atoms with Crippen molar-refractivity contribution in [3.8, 4) is 0 Å². The molecular weight excluding hydrogens is 431 g/mol. The molecule has 31 heavy (non-hydrogen) atoms. The molecular formula is C20H20F3N5O2S. The molecule has 3 aromatic rings. The van der Waals surface area contributed by atoms with Gasteiger partial charge in [0.15, 0.2) is 16.6 Å². The van der Waals surface area contributed by atoms with Crippen LogP contribution in [0.25, 0.3) is 5.65 Å². The number of hydrogen-bond donors (Lipinski definition) is 2. The van der Waals surface area contributed by atoms with Gasteiger partial charge in [0, 0.05) is 6.20 Å². The van der Waals surface area contributed by atoms with Crippen LogP contribution >= 0.6 is 12.2 Å². The largest absolute Gasteiger partial charge is 0.465 e. The lowest BCUT2D eigenvalue weighted by atomic mass is 10.0. The van der Waals surface area contributed by atoms with Gasteiger partial charge in [-0.05, 0) is 42.4 Å². The number of benzene rings is 1. The molecule has 164 valence electrons. The number of para-hydroxylation sites is 1. The molecule has 2 N–H and O–H groups in total. The van der Waals surface area contributed by atoms with Gasteiger partial charge in [0.2, 0.25) is 0 Å². The van der Waals surface area contributed by atoms with Crippen molar-refractivity contribution in [1.29, 1.82) is 0 Å². The normalized spacial score (nSPS) is 12.6. The highest BCUT2D eigenvalue weighted by Gasteiger charge is 2.35. The summed E-state index contributed by atoms with van der Waals surface area (Å²) in [6.07, 6.45) is -3.08. The molecule has 0 fully saturated rings. The van der Waals surface area contributed by atoms with E-state index >= 15 is 0 Å². The molecule has 2 aromatic heterocycles. The Kier molecular flexibility index (Phi) is 6.44. The van der Waals surface area contributed by atoms with Crippen molar-refractivity contribution < 1.29 is 22.7 Å². The summed E-state index contributed by atoms with van der Waals surface area (Å²) in [6.45, 7) is 3.74. The van der Waals surface area contributed by atoms with E-state index in [1.807, 2.05) is 13.8 Å². The Hall–Kier alpha value is -3.21. The third-order valence-corrected chi connectivity index (χ3v) is 4.80. The number of thiocarbonyl (C=S) groups is 1. The summed E-state index contributed by atoms with van der Waals surface area (Å²) in [5, 5.41) is 13.9. The fraction of sp³-hybridized carbons (Fsp3) is 0.300. The van der Waals surface area contributed by atoms with E-state index in [2.05, 4.69) is 20.8 Å². The Morgan fingerprint density at radius 2 is 1.87 bits per heavy atom. The Labute approximate surface area is 181 Å². The maximum absolute atomic E-state index is 13.3. The lowest BCUT2D eigenvalue weighted by molar-refractivity contribution is -0.136. The van der Waals surface area contributed by atoms with Crippen molar-refractivity contribution in [2.24, 2.45) is 5.92 Å². The summed E-state index contributed by atoms with van der Waals surface area (Å²) >= 11 is 5.38. The van der Waals surface area contributed by atoms with E-state index in [1.54, 1.807) is 24.3 Å². The van der Waals surface area contributed by atoms with Crippen molar-refractivity contribution in [3.05, 3.63) is 59.5 Å². The molecule has 1 aromatic carbocycles. The maximum atomic E-state index is 13.3. The highest BCUT2D eigenvalue weighted by molar-refractivity contribution is 7.80. The second kappa shape index (κ2) is 8.88. The van der Waals surface area contributed by atoms with E-state index < -0.39 is 23.8 Å². The number of aromatic nitrogens is 3. The molecule has 0 radical (unpaired) electrons. The van der Waals surface area contributed by atoms with Crippen molar-refractivity contribution in [3.63, 3.8) is 0 Å². The third-order valence-electron chi connectivity index (χ3n) is 4.58. The number of hydrogen-bond acceptors (Lipinski definition) is 5. The van der Waals surface area contributed by atoms with Crippen LogP contribution in [0.4, 0.5) is 18.9 Å². The zero-order valence-electron chi connectivity index (χ0n) is 16.9. The molecule has 0 aliphatic carbocycles. The predicted molar refractivity (Wildman–Crippen MR) is 113 cm³/mol. The van der Waals surface area contributed by atoms with E-state index in [4.69, 9.17) is 17.0 Å². The molecule has 7 nitrogen and oxygen atoms in total. The number of carbonyl (C=O) groups excluding carboxylic acids is 1. The van der Waals surface area contributed by atoms with Crippen LogP contribution in [0.15, 0.2) is 42.6 Å². The summed E-state index contributed by atoms with van der Waals surface area (Å²) < 4.78 is 46.0. The highest BCUT2D eigenvalue weighted by atomic mass is 32.1. The number of carbonyl (C=O) groups is 1. The summed E-state index contributed by atoms with van der Waals surface area (Å²) in [5.74, 6) is -0.353. The topological polar surface area (TPSA) is 80.5 Å². The molecule has 0 saturated heterocycles. The fourth-order valence-corrected chi connectivity index (χ4v) is 3.31. The zero-order valence-corrected chi connectivity index (χ0v) is 17.7. The fourth-order valence-electron chi connectivity index (χ4n) is 3.08. The average molecular weight is 451 g/mol. The van der Waals surface area contributed by atoms with Gasteiger partial charge in [-0.2, -0.15) is 13.2 Å². The number of nitrogens with zero attached hydrogens (tertiary/aromatic N) is 3. The van der Waals surface area contributed by atoms with Gasteiger partial charge in [-0.3, -0.25) is 4.40 Å². The number of halogens is 3. The van der Waals surface area contributed by atoms with Gasteiger partial charge in [0.25, 0.3) is 0 Å². The Balaban J connectivity index is 1.90. The number of fused-ring (bicyclic) bond motifs is 1. The summed E-state index contributed by atoms with van der Waals surface area (Å²) in [6, 6.07) is 8.36. The summed E-state index contributed by atoms with van der Waals surface area (Å²) in [5.41, 5.74) is -0.436. The van der Waals surface area contributed by atoms with Crippen molar-refractivity contribution in [2.45, 2.75) is 26.1 Å². The van der Waals surface area contributed by atoms with E-state index in [0.29, 0.717) is 5.69 Å². The van der Waals surface area contributed by atoms with Gasteiger partial charge in [0.1, 0.15) is 5.56 Å². The Morgan fingerprint density at radius 3 is 2.52 bits per heavy atom. The van der Waals surface area contributed by atoms with Gasteiger partial charge >= 0.3 is 12.1 Å². The first-order valence-electron chi connectivity index (χ1n) is 9.29. The van der Waals surface area contributed by atoms with Crippen LogP contribution in [-0.4, -0.2) is 32.8 Å². The quantitative estimate of drug-likeness (QED) is 0.444. The first kappa shape index (κ1) is 22.5. The molecule has 1 atom stereocenters. The van der Waals surface area contributed by atoms with E-state index in [9.17, 15) is 18.0 Å². The number of esters is 1. The maximum Gasteiger partial charge on any atom is 0.420 e. The van der Waals surface area contributed by atoms with E-state index in [-0.39, 0.29) is 28.1 Å². The lowest BCUT2D eigenvalue weighted by Crippen LogP contribution is -2.36. The zero-order chi connectivity index (χ0) is 22.8. The lowest BCUT2D eigenvalue weighted by Gasteiger charge is -2.23. The van der Waals surface area contributed by atoms with Crippen LogP contribution in [0.2, 0.25) is 0 Å². The molecule has 0 spiro atoms. The molecule has 0 bridgehead atoms. The van der Waals surface area contributed by atoms with Crippen molar-refractivity contribution in [1.82, 2.24) is 19.9 Å². The molecule has 0 amide bonds. The van der Waals surface area contributed by atoms with Crippen LogP contribution in [0.1, 0.15) is 41.6 Å². The molecule has 3 rings (SSSR count). The van der Waals surface area contributed by atoms with Gasteiger partial charge in [0.05, 0.1) is 24.4 Å². The SMILES string of the molecule is COC(=O)c1ccccc1NC(=S)N[C@H](c1nnc2c(C(F)(F)F)cccn12)C(C)C. The minimum absolute atomic E-state index is 0.0995. The number of rotatable bonds is 5. The van der Waals surface area contributed by atoms with Crippen LogP contribution in [0, 0.1) is 5.92 Å². The molecule has 0 aliphatic rings. The number of ether oxygens (including phenoxy) is 1. The molecule has 0 unspecified atom stereocenters. The van der Waals surface area contributed by atoms with Crippen LogP contribution in [0.3, 0.4) is 0 Å².